The minimum absolute atomic E-state index is 0.587. The van der Waals surface area contributed by atoms with Gasteiger partial charge in [-0.1, -0.05) is 42.5 Å². The molecule has 1 heterocycles. The summed E-state index contributed by atoms with van der Waals surface area (Å²) in [6.07, 6.45) is 9.13. The van der Waals surface area contributed by atoms with Gasteiger partial charge in [-0.2, -0.15) is 0 Å². The van der Waals surface area contributed by atoms with Crippen LogP contribution in [-0.2, 0) is 19.4 Å². The van der Waals surface area contributed by atoms with Crippen molar-refractivity contribution in [3.05, 3.63) is 84.4 Å². The molecular formula is C21H24N2O. The largest absolute Gasteiger partial charge is 0.497 e. The summed E-state index contributed by atoms with van der Waals surface area (Å²) in [7, 11) is 1.70. The maximum absolute atomic E-state index is 5.23. The van der Waals surface area contributed by atoms with Crippen molar-refractivity contribution in [2.24, 2.45) is 5.92 Å². The van der Waals surface area contributed by atoms with Gasteiger partial charge < -0.3 is 9.30 Å². The molecule has 0 radical (unpaired) electrons. The lowest BCUT2D eigenvalue weighted by Gasteiger charge is -2.18. The molecule has 3 aromatic rings. The van der Waals surface area contributed by atoms with E-state index in [1.807, 2.05) is 30.9 Å². The number of ether oxygens (including phenoxy) is 1. The second-order valence-corrected chi connectivity index (χ2v) is 6.20. The Balaban J connectivity index is 1.64. The maximum Gasteiger partial charge on any atom is 0.118 e. The molecule has 3 heteroatoms. The first kappa shape index (κ1) is 16.3. The first-order valence-corrected chi connectivity index (χ1v) is 8.46. The molecule has 0 saturated heterocycles. The first-order chi connectivity index (χ1) is 11.8. The van der Waals surface area contributed by atoms with E-state index in [1.165, 1.54) is 11.1 Å². The summed E-state index contributed by atoms with van der Waals surface area (Å²) >= 11 is 0. The van der Waals surface area contributed by atoms with Crippen LogP contribution in [-0.4, -0.2) is 16.7 Å². The van der Waals surface area contributed by atoms with Crippen molar-refractivity contribution >= 4 is 0 Å². The first-order valence-electron chi connectivity index (χ1n) is 8.46. The zero-order chi connectivity index (χ0) is 16.6. The topological polar surface area (TPSA) is 27.1 Å². The van der Waals surface area contributed by atoms with Crippen molar-refractivity contribution < 1.29 is 4.74 Å². The van der Waals surface area contributed by atoms with Gasteiger partial charge in [0.15, 0.2) is 0 Å². The van der Waals surface area contributed by atoms with Crippen LogP contribution in [0.2, 0.25) is 0 Å². The number of hydrogen-bond acceptors (Lipinski definition) is 2. The molecule has 24 heavy (non-hydrogen) atoms. The van der Waals surface area contributed by atoms with E-state index in [9.17, 15) is 0 Å². The van der Waals surface area contributed by atoms with Crippen molar-refractivity contribution in [2.75, 3.05) is 7.11 Å². The minimum Gasteiger partial charge on any atom is -0.497 e. The normalized spacial score (nSPS) is 12.0. The van der Waals surface area contributed by atoms with E-state index in [2.05, 4.69) is 52.0 Å². The van der Waals surface area contributed by atoms with Crippen molar-refractivity contribution in [1.82, 2.24) is 9.55 Å². The van der Waals surface area contributed by atoms with Gasteiger partial charge in [0.25, 0.3) is 0 Å². The quantitative estimate of drug-likeness (QED) is 0.616. The smallest absolute Gasteiger partial charge is 0.118 e. The molecule has 0 fully saturated rings. The Morgan fingerprint density at radius 2 is 1.79 bits per heavy atom. The number of imidazole rings is 1. The Labute approximate surface area is 143 Å². The molecule has 0 aliphatic carbocycles. The lowest BCUT2D eigenvalue weighted by Crippen LogP contribution is -2.13. The second-order valence-electron chi connectivity index (χ2n) is 6.20. The van der Waals surface area contributed by atoms with Crippen molar-refractivity contribution in [3.8, 4) is 5.75 Å². The summed E-state index contributed by atoms with van der Waals surface area (Å²) in [6, 6.07) is 19.1. The monoisotopic (exact) mass is 320 g/mol. The van der Waals surface area contributed by atoms with Crippen LogP contribution >= 0.6 is 0 Å². The maximum atomic E-state index is 5.23. The van der Waals surface area contributed by atoms with Crippen LogP contribution in [0.1, 0.15) is 17.5 Å². The summed E-state index contributed by atoms with van der Waals surface area (Å²) in [5.41, 5.74) is 2.76. The summed E-state index contributed by atoms with van der Waals surface area (Å²) < 4.78 is 7.42. The predicted octanol–water partition coefficient (Wildman–Crippen LogP) is 4.38. The third-order valence-corrected chi connectivity index (χ3v) is 4.40. The number of aromatic nitrogens is 2. The number of methoxy groups -OCH3 is 1. The van der Waals surface area contributed by atoms with Gasteiger partial charge in [0, 0.05) is 18.9 Å². The van der Waals surface area contributed by atoms with Crippen LogP contribution in [0, 0.1) is 5.92 Å². The molecule has 0 saturated carbocycles. The van der Waals surface area contributed by atoms with Crippen LogP contribution in [0.15, 0.2) is 73.3 Å². The van der Waals surface area contributed by atoms with E-state index in [1.54, 1.807) is 7.11 Å². The van der Waals surface area contributed by atoms with Crippen molar-refractivity contribution in [1.29, 1.82) is 0 Å². The number of benzene rings is 2. The molecule has 3 rings (SSSR count). The van der Waals surface area contributed by atoms with Crippen LogP contribution in [0.5, 0.6) is 5.75 Å². The van der Waals surface area contributed by atoms with Gasteiger partial charge in [-0.15, -0.1) is 0 Å². The van der Waals surface area contributed by atoms with E-state index in [-0.39, 0.29) is 0 Å². The molecule has 0 spiro atoms. The Bertz CT molecular complexity index is 705. The summed E-state index contributed by atoms with van der Waals surface area (Å²) in [5, 5.41) is 0. The van der Waals surface area contributed by atoms with Gasteiger partial charge in [0.05, 0.1) is 13.4 Å². The van der Waals surface area contributed by atoms with Gasteiger partial charge in [0.2, 0.25) is 0 Å². The third kappa shape index (κ3) is 4.72. The Morgan fingerprint density at radius 3 is 2.46 bits per heavy atom. The average molecular weight is 320 g/mol. The zero-order valence-corrected chi connectivity index (χ0v) is 14.1. The molecule has 0 N–H and O–H groups in total. The van der Waals surface area contributed by atoms with E-state index < -0.39 is 0 Å². The Hall–Kier alpha value is -2.55. The van der Waals surface area contributed by atoms with Crippen LogP contribution in [0.4, 0.5) is 0 Å². The fraction of sp³-hybridized carbons (Fsp3) is 0.286. The number of hydrogen-bond donors (Lipinski definition) is 0. The number of rotatable bonds is 8. The Kier molecular flexibility index (Phi) is 5.67. The Morgan fingerprint density at radius 1 is 1.00 bits per heavy atom. The van der Waals surface area contributed by atoms with Crippen LogP contribution in [0.25, 0.3) is 0 Å². The van der Waals surface area contributed by atoms with E-state index in [0.717, 1.165) is 31.6 Å². The molecule has 1 unspecified atom stereocenters. The van der Waals surface area contributed by atoms with Gasteiger partial charge in [0.1, 0.15) is 5.75 Å². The fourth-order valence-electron chi connectivity index (χ4n) is 3.06. The van der Waals surface area contributed by atoms with Crippen LogP contribution in [0.3, 0.4) is 0 Å². The fourth-order valence-corrected chi connectivity index (χ4v) is 3.06. The van der Waals surface area contributed by atoms with Gasteiger partial charge in [-0.3, -0.25) is 0 Å². The van der Waals surface area contributed by atoms with Gasteiger partial charge in [-0.05, 0) is 48.4 Å². The molecule has 3 nitrogen and oxygen atoms in total. The van der Waals surface area contributed by atoms with Gasteiger partial charge in [-0.25, -0.2) is 4.98 Å². The molecule has 0 aliphatic heterocycles. The molecule has 0 aliphatic rings. The van der Waals surface area contributed by atoms with E-state index >= 15 is 0 Å². The minimum atomic E-state index is 0.587. The molecule has 1 aromatic heterocycles. The molecule has 1 atom stereocenters. The summed E-state index contributed by atoms with van der Waals surface area (Å²) in [5.74, 6) is 1.50. The molecule has 0 bridgehead atoms. The predicted molar refractivity (Wildman–Crippen MR) is 97.2 cm³/mol. The second kappa shape index (κ2) is 8.34. The lowest BCUT2D eigenvalue weighted by atomic mass is 9.92. The highest BCUT2D eigenvalue weighted by atomic mass is 16.5. The standard InChI is InChI=1S/C21H24N2O/c1-24-21-11-9-18(10-12-21)7-8-20(16-23-14-13-22-17-23)15-19-5-3-2-4-6-19/h2-6,9-14,17,20H,7-8,15-16H2,1H3. The highest BCUT2D eigenvalue weighted by Crippen LogP contribution is 2.19. The number of nitrogens with zero attached hydrogens (tertiary/aromatic N) is 2. The number of aryl methyl sites for hydroxylation is 1. The van der Waals surface area contributed by atoms with Crippen molar-refractivity contribution in [2.45, 2.75) is 25.8 Å². The summed E-state index contributed by atoms with van der Waals surface area (Å²) in [4.78, 5) is 4.17. The summed E-state index contributed by atoms with van der Waals surface area (Å²) in [6.45, 7) is 1.01. The molecule has 2 aromatic carbocycles. The highest BCUT2D eigenvalue weighted by Gasteiger charge is 2.11. The van der Waals surface area contributed by atoms with E-state index in [0.29, 0.717) is 5.92 Å². The highest BCUT2D eigenvalue weighted by molar-refractivity contribution is 5.27. The molecular weight excluding hydrogens is 296 g/mol. The molecule has 0 amide bonds. The lowest BCUT2D eigenvalue weighted by molar-refractivity contribution is 0.410. The van der Waals surface area contributed by atoms with Crippen LogP contribution < -0.4 is 4.74 Å². The third-order valence-electron chi connectivity index (χ3n) is 4.40. The van der Waals surface area contributed by atoms with Crippen molar-refractivity contribution in [3.63, 3.8) is 0 Å². The van der Waals surface area contributed by atoms with Gasteiger partial charge >= 0.3 is 0 Å². The van der Waals surface area contributed by atoms with E-state index in [4.69, 9.17) is 4.74 Å². The average Bonchev–Trinajstić information content (AvgIpc) is 3.14. The molecule has 124 valence electrons. The zero-order valence-electron chi connectivity index (χ0n) is 14.1. The SMILES string of the molecule is COc1ccc(CCC(Cc2ccccc2)Cn2ccnc2)cc1.